The van der Waals surface area contributed by atoms with Gasteiger partial charge in [0.05, 0.1) is 31.1 Å². The van der Waals surface area contributed by atoms with Gasteiger partial charge in [-0.2, -0.15) is 0 Å². The molecule has 1 aromatic rings. The number of morpholine rings is 1. The Labute approximate surface area is 166 Å². The monoisotopic (exact) mass is 390 g/mol. The number of urea groups is 1. The van der Waals surface area contributed by atoms with E-state index in [2.05, 4.69) is 15.5 Å². The van der Waals surface area contributed by atoms with Crippen LogP contribution in [0.1, 0.15) is 16.8 Å². The molecule has 2 fully saturated rings. The SMILES string of the molecule is CN(C)C(=O)c1ccccc1NC(=O)NCC(C1CCOC1)N1CCOCC1. The molecule has 28 heavy (non-hydrogen) atoms. The minimum absolute atomic E-state index is 0.148. The van der Waals surface area contributed by atoms with E-state index in [9.17, 15) is 9.59 Å². The van der Waals surface area contributed by atoms with E-state index < -0.39 is 0 Å². The van der Waals surface area contributed by atoms with Crippen LogP contribution in [0.15, 0.2) is 24.3 Å². The van der Waals surface area contributed by atoms with E-state index in [-0.39, 0.29) is 18.0 Å². The molecule has 2 unspecified atom stereocenters. The fraction of sp³-hybridized carbons (Fsp3) is 0.600. The van der Waals surface area contributed by atoms with Crippen molar-refractivity contribution in [3.8, 4) is 0 Å². The van der Waals surface area contributed by atoms with Gasteiger partial charge in [0.25, 0.3) is 5.91 Å². The number of nitrogens with one attached hydrogen (secondary N) is 2. The van der Waals surface area contributed by atoms with Gasteiger partial charge in [0.2, 0.25) is 0 Å². The Morgan fingerprint density at radius 2 is 1.93 bits per heavy atom. The normalized spacial score (nSPS) is 21.1. The zero-order valence-electron chi connectivity index (χ0n) is 16.6. The Bertz CT molecular complexity index is 670. The molecule has 3 rings (SSSR count). The Morgan fingerprint density at radius 3 is 2.61 bits per heavy atom. The summed E-state index contributed by atoms with van der Waals surface area (Å²) in [5.74, 6) is 0.256. The van der Waals surface area contributed by atoms with Gasteiger partial charge in [-0.25, -0.2) is 4.79 Å². The van der Waals surface area contributed by atoms with Crippen molar-refractivity contribution >= 4 is 17.6 Å². The zero-order chi connectivity index (χ0) is 19.9. The fourth-order valence-corrected chi connectivity index (χ4v) is 3.74. The molecule has 0 radical (unpaired) electrons. The molecular weight excluding hydrogens is 360 g/mol. The van der Waals surface area contributed by atoms with Gasteiger partial charge in [-0.3, -0.25) is 9.69 Å². The first-order valence-electron chi connectivity index (χ1n) is 9.81. The van der Waals surface area contributed by atoms with Crippen LogP contribution in [-0.4, -0.2) is 87.9 Å². The largest absolute Gasteiger partial charge is 0.381 e. The predicted molar refractivity (Wildman–Crippen MR) is 107 cm³/mol. The summed E-state index contributed by atoms with van der Waals surface area (Å²) in [6, 6.07) is 6.94. The summed E-state index contributed by atoms with van der Waals surface area (Å²) in [4.78, 5) is 28.7. The fourth-order valence-electron chi connectivity index (χ4n) is 3.74. The standard InChI is InChI=1S/C20H30N4O4/c1-23(2)19(25)16-5-3-4-6-17(16)22-20(26)21-13-18(15-7-10-28-14-15)24-8-11-27-12-9-24/h3-6,15,18H,7-14H2,1-2H3,(H2,21,22,26). The molecule has 2 heterocycles. The number of ether oxygens (including phenoxy) is 2. The summed E-state index contributed by atoms with van der Waals surface area (Å²) >= 11 is 0. The average Bonchev–Trinajstić information content (AvgIpc) is 3.23. The number of hydrogen-bond acceptors (Lipinski definition) is 5. The van der Waals surface area contributed by atoms with Crippen LogP contribution in [0, 0.1) is 5.92 Å². The highest BCUT2D eigenvalue weighted by atomic mass is 16.5. The molecule has 8 nitrogen and oxygen atoms in total. The highest BCUT2D eigenvalue weighted by molar-refractivity contribution is 6.03. The maximum absolute atomic E-state index is 12.5. The third kappa shape index (κ3) is 5.21. The second-order valence-corrected chi connectivity index (χ2v) is 7.42. The molecule has 2 N–H and O–H groups in total. The van der Waals surface area contributed by atoms with Gasteiger partial charge in [-0.1, -0.05) is 12.1 Å². The van der Waals surface area contributed by atoms with E-state index in [1.807, 2.05) is 0 Å². The molecule has 8 heteroatoms. The molecule has 2 saturated heterocycles. The van der Waals surface area contributed by atoms with Crippen molar-refractivity contribution in [1.82, 2.24) is 15.1 Å². The summed E-state index contributed by atoms with van der Waals surface area (Å²) < 4.78 is 11.0. The second kappa shape index (κ2) is 9.86. The quantitative estimate of drug-likeness (QED) is 0.764. The number of nitrogens with zero attached hydrogens (tertiary/aromatic N) is 2. The number of anilines is 1. The van der Waals surface area contributed by atoms with E-state index in [0.717, 1.165) is 45.9 Å². The van der Waals surface area contributed by atoms with Crippen molar-refractivity contribution in [2.24, 2.45) is 5.92 Å². The molecule has 2 aliphatic heterocycles. The second-order valence-electron chi connectivity index (χ2n) is 7.42. The van der Waals surface area contributed by atoms with Crippen molar-refractivity contribution in [1.29, 1.82) is 0 Å². The smallest absolute Gasteiger partial charge is 0.319 e. The van der Waals surface area contributed by atoms with E-state index in [4.69, 9.17) is 9.47 Å². The van der Waals surface area contributed by atoms with Crippen molar-refractivity contribution in [2.45, 2.75) is 12.5 Å². The first-order valence-corrected chi connectivity index (χ1v) is 9.81. The van der Waals surface area contributed by atoms with Crippen LogP contribution in [0.4, 0.5) is 10.5 Å². The maximum Gasteiger partial charge on any atom is 0.319 e. The molecule has 154 valence electrons. The lowest BCUT2D eigenvalue weighted by Crippen LogP contribution is -2.52. The first-order chi connectivity index (χ1) is 13.6. The van der Waals surface area contributed by atoms with Gasteiger partial charge in [-0.15, -0.1) is 0 Å². The van der Waals surface area contributed by atoms with Gasteiger partial charge in [0.15, 0.2) is 0 Å². The molecule has 0 bridgehead atoms. The number of para-hydroxylation sites is 1. The van der Waals surface area contributed by atoms with Crippen molar-refractivity contribution in [3.05, 3.63) is 29.8 Å². The maximum atomic E-state index is 12.5. The number of carbonyl (C=O) groups excluding carboxylic acids is 2. The van der Waals surface area contributed by atoms with Crippen molar-refractivity contribution in [3.63, 3.8) is 0 Å². The van der Waals surface area contributed by atoms with Crippen LogP contribution in [0.3, 0.4) is 0 Å². The Morgan fingerprint density at radius 1 is 1.18 bits per heavy atom. The minimum atomic E-state index is -0.309. The predicted octanol–water partition coefficient (Wildman–Crippen LogP) is 1.25. The number of amides is 3. The summed E-state index contributed by atoms with van der Waals surface area (Å²) in [5.41, 5.74) is 0.974. The van der Waals surface area contributed by atoms with Crippen LogP contribution in [0.5, 0.6) is 0 Å². The molecule has 0 aliphatic carbocycles. The van der Waals surface area contributed by atoms with Gasteiger partial charge in [0, 0.05) is 52.3 Å². The van der Waals surface area contributed by atoms with Crippen LogP contribution < -0.4 is 10.6 Å². The summed E-state index contributed by atoms with van der Waals surface area (Å²) in [6.07, 6.45) is 1.01. The van der Waals surface area contributed by atoms with Crippen LogP contribution in [-0.2, 0) is 9.47 Å². The zero-order valence-corrected chi connectivity index (χ0v) is 16.6. The molecule has 0 aromatic heterocycles. The molecule has 0 saturated carbocycles. The summed E-state index contributed by atoms with van der Waals surface area (Å²) in [7, 11) is 3.38. The molecule has 1 aromatic carbocycles. The topological polar surface area (TPSA) is 83.1 Å². The lowest BCUT2D eigenvalue weighted by molar-refractivity contribution is 0.00222. The summed E-state index contributed by atoms with van der Waals surface area (Å²) in [6.45, 7) is 5.20. The third-order valence-corrected chi connectivity index (χ3v) is 5.31. The molecule has 2 atom stereocenters. The highest BCUT2D eigenvalue weighted by Gasteiger charge is 2.31. The van der Waals surface area contributed by atoms with Gasteiger partial charge < -0.3 is 25.0 Å². The minimum Gasteiger partial charge on any atom is -0.381 e. The lowest BCUT2D eigenvalue weighted by atomic mass is 9.97. The Kier molecular flexibility index (Phi) is 7.24. The van der Waals surface area contributed by atoms with E-state index >= 15 is 0 Å². The molecule has 2 aliphatic rings. The molecule has 3 amide bonds. The molecular formula is C20H30N4O4. The number of hydrogen-bond donors (Lipinski definition) is 2. The molecule has 0 spiro atoms. The van der Waals surface area contributed by atoms with E-state index in [1.54, 1.807) is 38.4 Å². The first kappa shape index (κ1) is 20.6. The number of benzene rings is 1. The Hall–Kier alpha value is -2.16. The van der Waals surface area contributed by atoms with Crippen molar-refractivity contribution in [2.75, 3.05) is 65.5 Å². The van der Waals surface area contributed by atoms with Crippen LogP contribution in [0.25, 0.3) is 0 Å². The van der Waals surface area contributed by atoms with Gasteiger partial charge in [0.1, 0.15) is 0 Å². The average molecular weight is 390 g/mol. The van der Waals surface area contributed by atoms with Gasteiger partial charge >= 0.3 is 6.03 Å². The van der Waals surface area contributed by atoms with Gasteiger partial charge in [-0.05, 0) is 18.6 Å². The lowest BCUT2D eigenvalue weighted by Gasteiger charge is -2.37. The van der Waals surface area contributed by atoms with E-state index in [1.165, 1.54) is 4.90 Å². The highest BCUT2D eigenvalue weighted by Crippen LogP contribution is 2.22. The number of carbonyl (C=O) groups is 2. The Balaban J connectivity index is 1.61. The third-order valence-electron chi connectivity index (χ3n) is 5.31. The summed E-state index contributed by atoms with van der Waals surface area (Å²) in [5, 5.41) is 5.81. The number of rotatable bonds is 6. The van der Waals surface area contributed by atoms with E-state index in [0.29, 0.717) is 23.7 Å². The van der Waals surface area contributed by atoms with Crippen LogP contribution >= 0.6 is 0 Å². The van der Waals surface area contributed by atoms with Crippen molar-refractivity contribution < 1.29 is 19.1 Å². The van der Waals surface area contributed by atoms with Crippen LogP contribution in [0.2, 0.25) is 0 Å².